The van der Waals surface area contributed by atoms with Crippen molar-refractivity contribution in [2.45, 2.75) is 49.9 Å². The van der Waals surface area contributed by atoms with Crippen LogP contribution in [0.3, 0.4) is 0 Å². The van der Waals surface area contributed by atoms with E-state index in [2.05, 4.69) is 20.5 Å². The van der Waals surface area contributed by atoms with Gasteiger partial charge in [0.2, 0.25) is 23.6 Å². The van der Waals surface area contributed by atoms with Crippen LogP contribution >= 0.6 is 7.82 Å². The standard InChI is InChI=1S/C31H35N6O10P/c32-22-12-19(10-11-25(22)47-48(43,44)45)13-24(36-30(42)46-17-18-6-2-1-3-7-18)28(40)37-31(15-20-8-4-5-9-21(20)16-31)29(41)35-23(27(34)39)14-26(33)38/h1-12,23-24H,13-17,32H2,(H2,33,38)(H2,34,39)(H,35,41)(H,36,42)(H,37,40)(H2,43,44,45)/t23-,24-/m0/s1. The molecule has 0 bridgehead atoms. The van der Waals surface area contributed by atoms with E-state index < -0.39 is 61.6 Å². The van der Waals surface area contributed by atoms with Gasteiger partial charge in [-0.2, -0.15) is 0 Å². The molecule has 0 aliphatic heterocycles. The topological polar surface area (TPSA) is 275 Å². The van der Waals surface area contributed by atoms with Gasteiger partial charge < -0.3 is 42.4 Å². The summed E-state index contributed by atoms with van der Waals surface area (Å²) in [5.74, 6) is -3.84. The molecule has 1 aliphatic carbocycles. The largest absolute Gasteiger partial charge is 0.524 e. The van der Waals surface area contributed by atoms with Gasteiger partial charge in [-0.15, -0.1) is 0 Å². The number of fused-ring (bicyclic) bond motifs is 1. The summed E-state index contributed by atoms with van der Waals surface area (Å²) in [5, 5.41) is 7.69. The molecule has 0 heterocycles. The number of hydrogen-bond acceptors (Lipinski definition) is 9. The number of benzene rings is 3. The Labute approximate surface area is 274 Å². The second-order valence-electron chi connectivity index (χ2n) is 11.2. The number of anilines is 1. The lowest BCUT2D eigenvalue weighted by Gasteiger charge is -2.32. The molecule has 0 saturated heterocycles. The molecule has 16 nitrogen and oxygen atoms in total. The lowest BCUT2D eigenvalue weighted by Crippen LogP contribution is -2.65. The highest BCUT2D eigenvalue weighted by atomic mass is 31.2. The Hall–Kier alpha value is -5.44. The molecule has 0 spiro atoms. The van der Waals surface area contributed by atoms with E-state index in [0.29, 0.717) is 11.1 Å². The molecule has 0 radical (unpaired) electrons. The molecule has 254 valence electrons. The molecule has 17 heteroatoms. The molecule has 3 aromatic carbocycles. The summed E-state index contributed by atoms with van der Waals surface area (Å²) < 4.78 is 21.2. The Morgan fingerprint density at radius 2 is 1.48 bits per heavy atom. The fourth-order valence-corrected chi connectivity index (χ4v) is 5.67. The molecule has 1 aliphatic rings. The van der Waals surface area contributed by atoms with Crippen LogP contribution in [0, 0.1) is 0 Å². The number of primary amides is 2. The van der Waals surface area contributed by atoms with Gasteiger partial charge in [0, 0.05) is 19.3 Å². The summed E-state index contributed by atoms with van der Waals surface area (Å²) >= 11 is 0. The number of phosphoric acid groups is 1. The third-order valence-corrected chi connectivity index (χ3v) is 7.94. The average molecular weight is 683 g/mol. The van der Waals surface area contributed by atoms with Gasteiger partial charge in [0.25, 0.3) is 0 Å². The maximum Gasteiger partial charge on any atom is 0.524 e. The highest BCUT2D eigenvalue weighted by molar-refractivity contribution is 7.46. The number of carbonyl (C=O) groups excluding carboxylic acids is 5. The zero-order valence-electron chi connectivity index (χ0n) is 25.5. The van der Waals surface area contributed by atoms with Crippen molar-refractivity contribution >= 4 is 43.2 Å². The van der Waals surface area contributed by atoms with Gasteiger partial charge in [-0.25, -0.2) is 9.36 Å². The first kappa shape index (κ1) is 35.4. The molecule has 4 rings (SSSR count). The van der Waals surface area contributed by atoms with E-state index in [1.54, 1.807) is 54.6 Å². The molecule has 5 amide bonds. The van der Waals surface area contributed by atoms with E-state index in [9.17, 15) is 28.5 Å². The second-order valence-corrected chi connectivity index (χ2v) is 12.4. The number of amides is 5. The van der Waals surface area contributed by atoms with Crippen molar-refractivity contribution in [2.75, 3.05) is 5.73 Å². The van der Waals surface area contributed by atoms with Crippen LogP contribution in [0.2, 0.25) is 0 Å². The Morgan fingerprint density at radius 1 is 0.854 bits per heavy atom. The SMILES string of the molecule is NC(=O)C[C@H](NC(=O)C1(NC(=O)[C@H](Cc2ccc(OP(=O)(O)O)c(N)c2)NC(=O)OCc2ccccc2)Cc2ccccc2C1)C(N)=O. The van der Waals surface area contributed by atoms with Gasteiger partial charge in [-0.3, -0.25) is 29.0 Å². The van der Waals surface area contributed by atoms with Crippen LogP contribution in [0.4, 0.5) is 10.5 Å². The van der Waals surface area contributed by atoms with Crippen molar-refractivity contribution in [1.29, 1.82) is 0 Å². The molecule has 11 N–H and O–H groups in total. The van der Waals surface area contributed by atoms with Crippen LogP contribution in [0.15, 0.2) is 72.8 Å². The van der Waals surface area contributed by atoms with Crippen LogP contribution < -0.4 is 37.7 Å². The lowest BCUT2D eigenvalue weighted by atomic mass is 9.92. The molecule has 0 aromatic heterocycles. The Balaban J connectivity index is 1.62. The molecule has 3 aromatic rings. The van der Waals surface area contributed by atoms with Crippen molar-refractivity contribution in [3.63, 3.8) is 0 Å². The maximum absolute atomic E-state index is 14.0. The minimum atomic E-state index is -4.92. The van der Waals surface area contributed by atoms with Crippen molar-refractivity contribution in [3.8, 4) is 5.75 Å². The molecule has 48 heavy (non-hydrogen) atoms. The first-order valence-electron chi connectivity index (χ1n) is 14.5. The fraction of sp³-hybridized carbons (Fsp3) is 0.258. The highest BCUT2D eigenvalue weighted by Crippen LogP contribution is 2.40. The first-order valence-corrected chi connectivity index (χ1v) is 16.1. The van der Waals surface area contributed by atoms with E-state index in [0.717, 1.165) is 11.1 Å². The van der Waals surface area contributed by atoms with Crippen LogP contribution in [0.25, 0.3) is 0 Å². The number of nitrogen functional groups attached to an aromatic ring is 1. The first-order chi connectivity index (χ1) is 22.6. The number of ether oxygens (including phenoxy) is 1. The van der Waals surface area contributed by atoms with Gasteiger partial charge in [0.05, 0.1) is 12.1 Å². The van der Waals surface area contributed by atoms with E-state index >= 15 is 0 Å². The fourth-order valence-electron chi connectivity index (χ4n) is 5.25. The van der Waals surface area contributed by atoms with E-state index in [1.807, 2.05) is 0 Å². The molecule has 2 atom stereocenters. The van der Waals surface area contributed by atoms with Crippen LogP contribution in [-0.4, -0.2) is 57.1 Å². The highest BCUT2D eigenvalue weighted by Gasteiger charge is 2.47. The van der Waals surface area contributed by atoms with Gasteiger partial charge in [-0.05, 0) is 34.4 Å². The summed E-state index contributed by atoms with van der Waals surface area (Å²) in [6.45, 7) is -0.113. The summed E-state index contributed by atoms with van der Waals surface area (Å²) in [6.07, 6.45) is -1.76. The lowest BCUT2D eigenvalue weighted by molar-refractivity contribution is -0.136. The third-order valence-electron chi connectivity index (χ3n) is 7.51. The van der Waals surface area contributed by atoms with Gasteiger partial charge in [-0.1, -0.05) is 60.7 Å². The third kappa shape index (κ3) is 9.54. The van der Waals surface area contributed by atoms with Gasteiger partial charge >= 0.3 is 13.9 Å². The number of phosphoric ester groups is 1. The number of rotatable bonds is 14. The quantitative estimate of drug-likeness (QED) is 0.0832. The van der Waals surface area contributed by atoms with Crippen molar-refractivity contribution in [1.82, 2.24) is 16.0 Å². The van der Waals surface area contributed by atoms with E-state index in [-0.39, 0.29) is 37.3 Å². The Bertz CT molecular complexity index is 1720. The van der Waals surface area contributed by atoms with E-state index in [4.69, 9.17) is 31.7 Å². The van der Waals surface area contributed by atoms with Crippen LogP contribution in [0.5, 0.6) is 5.75 Å². The minimum Gasteiger partial charge on any atom is -0.445 e. The monoisotopic (exact) mass is 682 g/mol. The average Bonchev–Trinajstić information content (AvgIpc) is 3.39. The summed E-state index contributed by atoms with van der Waals surface area (Å²) in [7, 11) is -4.92. The smallest absolute Gasteiger partial charge is 0.445 e. The van der Waals surface area contributed by atoms with Gasteiger partial charge in [0.15, 0.2) is 5.75 Å². The number of nitrogens with two attached hydrogens (primary N) is 3. The Kier molecular flexibility index (Phi) is 11.1. The summed E-state index contributed by atoms with van der Waals surface area (Å²) in [4.78, 5) is 82.7. The minimum absolute atomic E-state index is 0.00463. The molecule has 0 unspecified atom stereocenters. The number of alkyl carbamates (subject to hydrolysis) is 1. The molecular formula is C31H35N6O10P. The Morgan fingerprint density at radius 3 is 2.04 bits per heavy atom. The van der Waals surface area contributed by atoms with Crippen molar-refractivity contribution < 1.29 is 47.6 Å². The predicted molar refractivity (Wildman–Crippen MR) is 170 cm³/mol. The molecule has 0 fully saturated rings. The normalized spacial score (nSPS) is 14.5. The van der Waals surface area contributed by atoms with Crippen molar-refractivity contribution in [3.05, 3.63) is 95.1 Å². The summed E-state index contributed by atoms with van der Waals surface area (Å²) in [6, 6.07) is 16.9. The number of hydrogen-bond donors (Lipinski definition) is 8. The van der Waals surface area contributed by atoms with Crippen LogP contribution in [-0.2, 0) is 54.3 Å². The van der Waals surface area contributed by atoms with Gasteiger partial charge in [0.1, 0.15) is 24.2 Å². The van der Waals surface area contributed by atoms with E-state index in [1.165, 1.54) is 18.2 Å². The number of carbonyl (C=O) groups is 5. The summed E-state index contributed by atoms with van der Waals surface area (Å²) in [5.41, 5.74) is 17.2. The van der Waals surface area contributed by atoms with Crippen LogP contribution in [0.1, 0.15) is 28.7 Å². The van der Waals surface area contributed by atoms with Crippen molar-refractivity contribution in [2.24, 2.45) is 11.5 Å². The second kappa shape index (κ2) is 15.0. The maximum atomic E-state index is 14.0. The molecular weight excluding hydrogens is 647 g/mol. The zero-order valence-corrected chi connectivity index (χ0v) is 26.4. The predicted octanol–water partition coefficient (Wildman–Crippen LogP) is 0.0771. The molecule has 0 saturated carbocycles. The zero-order chi connectivity index (χ0) is 35.1. The number of nitrogens with one attached hydrogen (secondary N) is 3.